The molecule has 2 N–H and O–H groups in total. The van der Waals surface area contributed by atoms with Crippen molar-refractivity contribution in [1.29, 1.82) is 0 Å². The number of unbranched alkanes of at least 4 members (excludes halogenated alkanes) is 3. The van der Waals surface area contributed by atoms with Gasteiger partial charge in [-0.25, -0.2) is 0 Å². The number of carbonyl (C=O) groups excluding carboxylic acids is 2. The Bertz CT molecular complexity index is 440. The van der Waals surface area contributed by atoms with Gasteiger partial charge in [0.2, 0.25) is 5.91 Å². The second kappa shape index (κ2) is 10.1. The molecule has 0 heterocycles. The number of amides is 1. The molecule has 0 spiro atoms. The molecule has 0 aliphatic carbocycles. The summed E-state index contributed by atoms with van der Waals surface area (Å²) in [7, 11) is 0. The fraction of sp³-hybridized carbons (Fsp3) is 0.529. The fourth-order valence-electron chi connectivity index (χ4n) is 2.02. The predicted molar refractivity (Wildman–Crippen MR) is 83.3 cm³/mol. The first-order valence-corrected chi connectivity index (χ1v) is 7.61. The van der Waals surface area contributed by atoms with Crippen LogP contribution >= 0.6 is 0 Å². The van der Waals surface area contributed by atoms with Crippen LogP contribution in [0.25, 0.3) is 0 Å². The van der Waals surface area contributed by atoms with Crippen molar-refractivity contribution in [2.24, 2.45) is 0 Å². The van der Waals surface area contributed by atoms with E-state index in [1.807, 2.05) is 19.1 Å². The van der Waals surface area contributed by atoms with Crippen LogP contribution in [0.3, 0.4) is 0 Å². The Balaban J connectivity index is 2.15. The summed E-state index contributed by atoms with van der Waals surface area (Å²) in [6, 6.07) is 7.41. The van der Waals surface area contributed by atoms with Crippen molar-refractivity contribution in [2.45, 2.75) is 45.4 Å². The van der Waals surface area contributed by atoms with E-state index in [2.05, 4.69) is 5.32 Å². The second-order valence-corrected chi connectivity index (χ2v) is 5.28. The van der Waals surface area contributed by atoms with Gasteiger partial charge in [0.25, 0.3) is 0 Å². The number of carbonyl (C=O) groups is 2. The van der Waals surface area contributed by atoms with Gasteiger partial charge >= 0.3 is 0 Å². The highest BCUT2D eigenvalue weighted by atomic mass is 16.2. The lowest BCUT2D eigenvalue weighted by molar-refractivity contribution is -0.121. The van der Waals surface area contributed by atoms with E-state index < -0.39 is 0 Å². The molecule has 1 rings (SSSR count). The van der Waals surface area contributed by atoms with Gasteiger partial charge in [0.05, 0.1) is 0 Å². The van der Waals surface area contributed by atoms with Crippen LogP contribution < -0.4 is 5.32 Å². The number of benzene rings is 1. The molecule has 21 heavy (non-hydrogen) atoms. The molecule has 1 aromatic rings. The summed E-state index contributed by atoms with van der Waals surface area (Å²) in [5.41, 5.74) is 1.78. The average Bonchev–Trinajstić information content (AvgIpc) is 2.49. The van der Waals surface area contributed by atoms with Gasteiger partial charge in [-0.1, -0.05) is 42.7 Å². The van der Waals surface area contributed by atoms with Crippen LogP contribution in [-0.2, 0) is 4.79 Å². The van der Waals surface area contributed by atoms with Gasteiger partial charge in [-0.3, -0.25) is 9.59 Å². The van der Waals surface area contributed by atoms with Crippen LogP contribution in [0.1, 0.15) is 54.4 Å². The summed E-state index contributed by atoms with van der Waals surface area (Å²) in [5, 5.41) is 11.5. The van der Waals surface area contributed by atoms with Crippen molar-refractivity contribution < 1.29 is 14.7 Å². The first-order valence-electron chi connectivity index (χ1n) is 7.61. The van der Waals surface area contributed by atoms with Gasteiger partial charge in [-0.05, 0) is 19.8 Å². The van der Waals surface area contributed by atoms with Gasteiger partial charge in [0, 0.05) is 31.6 Å². The van der Waals surface area contributed by atoms with Gasteiger partial charge in [0.15, 0.2) is 5.78 Å². The van der Waals surface area contributed by atoms with E-state index >= 15 is 0 Å². The Hall–Kier alpha value is -1.68. The van der Waals surface area contributed by atoms with E-state index in [1.54, 1.807) is 12.1 Å². The van der Waals surface area contributed by atoms with Crippen molar-refractivity contribution in [3.63, 3.8) is 0 Å². The number of hydrogen-bond donors (Lipinski definition) is 2. The molecule has 1 amide bonds. The molecule has 0 fully saturated rings. The SMILES string of the molecule is Cc1ccc(C(=O)CCC(=O)NCCCCCCO)cc1. The molecule has 0 saturated carbocycles. The molecule has 0 aliphatic heterocycles. The van der Waals surface area contributed by atoms with Crippen molar-refractivity contribution in [2.75, 3.05) is 13.2 Å². The number of Topliss-reactive ketones (excluding diaryl/α,β-unsaturated/α-hetero) is 1. The molecule has 4 heteroatoms. The zero-order valence-corrected chi connectivity index (χ0v) is 12.7. The fourth-order valence-corrected chi connectivity index (χ4v) is 2.02. The lowest BCUT2D eigenvalue weighted by atomic mass is 10.0. The third-order valence-corrected chi connectivity index (χ3v) is 3.36. The van der Waals surface area contributed by atoms with Gasteiger partial charge < -0.3 is 10.4 Å². The summed E-state index contributed by atoms with van der Waals surface area (Å²) in [5.74, 6) is -0.0642. The molecule has 0 aromatic heterocycles. The molecule has 0 saturated heterocycles. The van der Waals surface area contributed by atoms with E-state index in [1.165, 1.54) is 0 Å². The summed E-state index contributed by atoms with van der Waals surface area (Å²) >= 11 is 0. The number of rotatable bonds is 10. The normalized spacial score (nSPS) is 10.4. The minimum absolute atomic E-state index is 0.00750. The van der Waals surface area contributed by atoms with E-state index in [4.69, 9.17) is 5.11 Å². The topological polar surface area (TPSA) is 66.4 Å². The van der Waals surface area contributed by atoms with Crippen LogP contribution in [0.4, 0.5) is 0 Å². The Morgan fingerprint density at radius 2 is 1.67 bits per heavy atom. The molecule has 1 aromatic carbocycles. The molecule has 4 nitrogen and oxygen atoms in total. The third-order valence-electron chi connectivity index (χ3n) is 3.36. The number of aliphatic hydroxyl groups excluding tert-OH is 1. The molecule has 0 atom stereocenters. The summed E-state index contributed by atoms with van der Waals surface area (Å²) in [4.78, 5) is 23.5. The van der Waals surface area contributed by atoms with Crippen molar-refractivity contribution >= 4 is 11.7 Å². The van der Waals surface area contributed by atoms with Crippen LogP contribution in [0.2, 0.25) is 0 Å². The first-order chi connectivity index (χ1) is 10.1. The van der Waals surface area contributed by atoms with Crippen molar-refractivity contribution in [3.05, 3.63) is 35.4 Å². The molecular weight excluding hydrogens is 266 g/mol. The van der Waals surface area contributed by atoms with Crippen LogP contribution in [0.5, 0.6) is 0 Å². The largest absolute Gasteiger partial charge is 0.396 e. The maximum atomic E-state index is 11.9. The number of ketones is 1. The Morgan fingerprint density at radius 1 is 1.00 bits per heavy atom. The highest BCUT2D eigenvalue weighted by molar-refractivity contribution is 5.97. The van der Waals surface area contributed by atoms with E-state index in [0.717, 1.165) is 31.2 Å². The zero-order chi connectivity index (χ0) is 15.5. The number of hydrogen-bond acceptors (Lipinski definition) is 3. The average molecular weight is 291 g/mol. The molecule has 116 valence electrons. The molecular formula is C17H25NO3. The highest BCUT2D eigenvalue weighted by Crippen LogP contribution is 2.07. The van der Waals surface area contributed by atoms with Crippen molar-refractivity contribution in [3.8, 4) is 0 Å². The monoisotopic (exact) mass is 291 g/mol. The van der Waals surface area contributed by atoms with Crippen molar-refractivity contribution in [1.82, 2.24) is 5.32 Å². The number of aryl methyl sites for hydroxylation is 1. The Kier molecular flexibility index (Phi) is 8.36. The lowest BCUT2D eigenvalue weighted by Gasteiger charge is -2.05. The molecule has 0 radical (unpaired) electrons. The maximum Gasteiger partial charge on any atom is 0.220 e. The quantitative estimate of drug-likeness (QED) is 0.514. The van der Waals surface area contributed by atoms with Gasteiger partial charge in [0.1, 0.15) is 0 Å². The maximum absolute atomic E-state index is 11.9. The molecule has 0 bridgehead atoms. The van der Waals surface area contributed by atoms with Crippen LogP contribution in [0, 0.1) is 6.92 Å². The lowest BCUT2D eigenvalue weighted by Crippen LogP contribution is -2.24. The second-order valence-electron chi connectivity index (χ2n) is 5.28. The van der Waals surface area contributed by atoms with Gasteiger partial charge in [-0.15, -0.1) is 0 Å². The van der Waals surface area contributed by atoms with Crippen LogP contribution in [-0.4, -0.2) is 29.9 Å². The summed E-state index contributed by atoms with van der Waals surface area (Å²) in [6.07, 6.45) is 4.21. The predicted octanol–water partition coefficient (Wildman–Crippen LogP) is 2.63. The Morgan fingerprint density at radius 3 is 2.33 bits per heavy atom. The zero-order valence-electron chi connectivity index (χ0n) is 12.7. The van der Waals surface area contributed by atoms with Crippen LogP contribution in [0.15, 0.2) is 24.3 Å². The third kappa shape index (κ3) is 7.61. The van der Waals surface area contributed by atoms with Gasteiger partial charge in [-0.2, -0.15) is 0 Å². The number of nitrogens with one attached hydrogen (secondary N) is 1. The standard InChI is InChI=1S/C17H25NO3/c1-14-6-8-15(9-7-14)16(20)10-11-17(21)18-12-4-2-3-5-13-19/h6-9,19H,2-5,10-13H2,1H3,(H,18,21). The first kappa shape index (κ1) is 17.4. The number of aliphatic hydroxyl groups is 1. The highest BCUT2D eigenvalue weighted by Gasteiger charge is 2.08. The van der Waals surface area contributed by atoms with E-state index in [9.17, 15) is 9.59 Å². The minimum atomic E-state index is -0.0716. The van der Waals surface area contributed by atoms with E-state index in [0.29, 0.717) is 12.1 Å². The summed E-state index contributed by atoms with van der Waals surface area (Å²) in [6.45, 7) is 2.85. The Labute approximate surface area is 126 Å². The minimum Gasteiger partial charge on any atom is -0.396 e. The molecule has 0 aliphatic rings. The molecule has 0 unspecified atom stereocenters. The smallest absolute Gasteiger partial charge is 0.220 e. The van der Waals surface area contributed by atoms with E-state index in [-0.39, 0.29) is 31.1 Å². The summed E-state index contributed by atoms with van der Waals surface area (Å²) < 4.78 is 0.